The Morgan fingerprint density at radius 3 is 3.00 bits per heavy atom. The Balaban J connectivity index is 2.12. The molecule has 0 fully saturated rings. The van der Waals surface area contributed by atoms with Gasteiger partial charge in [0.05, 0.1) is 19.2 Å². The number of rotatable bonds is 2. The third-order valence-electron chi connectivity index (χ3n) is 2.41. The fourth-order valence-corrected chi connectivity index (χ4v) is 2.82. The molecule has 0 aromatic carbocycles. The molecule has 3 nitrogen and oxygen atoms in total. The molecule has 1 heterocycles. The molecule has 0 saturated heterocycles. The second-order valence-electron chi connectivity index (χ2n) is 3.44. The Morgan fingerprint density at radius 1 is 1.50 bits per heavy atom. The summed E-state index contributed by atoms with van der Waals surface area (Å²) in [4.78, 5) is 16.9. The highest BCUT2D eigenvalue weighted by molar-refractivity contribution is 7.11. The van der Waals surface area contributed by atoms with Gasteiger partial charge in [-0.3, -0.25) is 4.79 Å². The van der Waals surface area contributed by atoms with Crippen molar-refractivity contribution in [2.45, 2.75) is 32.1 Å². The average molecular weight is 211 g/mol. The van der Waals surface area contributed by atoms with Gasteiger partial charge in [0.2, 0.25) is 0 Å². The van der Waals surface area contributed by atoms with Crippen molar-refractivity contribution < 1.29 is 9.53 Å². The van der Waals surface area contributed by atoms with E-state index in [1.807, 2.05) is 0 Å². The van der Waals surface area contributed by atoms with Crippen molar-refractivity contribution in [3.8, 4) is 0 Å². The second-order valence-corrected chi connectivity index (χ2v) is 4.61. The van der Waals surface area contributed by atoms with Crippen LogP contribution in [0.3, 0.4) is 0 Å². The summed E-state index contributed by atoms with van der Waals surface area (Å²) in [6, 6.07) is 0. The predicted octanol–water partition coefficient (Wildman–Crippen LogP) is 1.74. The van der Waals surface area contributed by atoms with Gasteiger partial charge in [0.25, 0.3) is 0 Å². The van der Waals surface area contributed by atoms with Crippen molar-refractivity contribution in [1.82, 2.24) is 4.98 Å². The SMILES string of the molecule is COC(=O)Cc1nc2c(s1)CCCC2. The molecule has 4 heteroatoms. The summed E-state index contributed by atoms with van der Waals surface area (Å²) in [6.07, 6.45) is 5.02. The van der Waals surface area contributed by atoms with Crippen LogP contribution in [0.1, 0.15) is 28.4 Å². The number of aromatic nitrogens is 1. The van der Waals surface area contributed by atoms with Crippen molar-refractivity contribution >= 4 is 17.3 Å². The molecule has 0 atom stereocenters. The molecule has 2 rings (SSSR count). The number of hydrogen-bond donors (Lipinski definition) is 0. The first-order valence-electron chi connectivity index (χ1n) is 4.84. The topological polar surface area (TPSA) is 39.2 Å². The highest BCUT2D eigenvalue weighted by Crippen LogP contribution is 2.26. The van der Waals surface area contributed by atoms with E-state index >= 15 is 0 Å². The van der Waals surface area contributed by atoms with Crippen molar-refractivity contribution in [2.75, 3.05) is 7.11 Å². The lowest BCUT2D eigenvalue weighted by Crippen LogP contribution is -2.04. The number of nitrogens with zero attached hydrogens (tertiary/aromatic N) is 1. The van der Waals surface area contributed by atoms with Crippen molar-refractivity contribution in [2.24, 2.45) is 0 Å². The van der Waals surface area contributed by atoms with Crippen molar-refractivity contribution in [1.29, 1.82) is 0 Å². The molecular weight excluding hydrogens is 198 g/mol. The molecular formula is C10H13NO2S. The molecule has 0 unspecified atom stereocenters. The van der Waals surface area contributed by atoms with Crippen LogP contribution in [0.2, 0.25) is 0 Å². The Hall–Kier alpha value is -0.900. The zero-order chi connectivity index (χ0) is 9.97. The van der Waals surface area contributed by atoms with E-state index in [2.05, 4.69) is 9.72 Å². The van der Waals surface area contributed by atoms with Crippen LogP contribution in [-0.2, 0) is 28.8 Å². The summed E-state index contributed by atoms with van der Waals surface area (Å²) >= 11 is 1.67. The third-order valence-corrected chi connectivity index (χ3v) is 3.57. The van der Waals surface area contributed by atoms with E-state index in [1.54, 1.807) is 11.3 Å². The molecule has 0 spiro atoms. The minimum atomic E-state index is -0.198. The van der Waals surface area contributed by atoms with Gasteiger partial charge < -0.3 is 4.74 Å². The first-order chi connectivity index (χ1) is 6.79. The number of fused-ring (bicyclic) bond motifs is 1. The molecule has 76 valence electrons. The van der Waals surface area contributed by atoms with E-state index in [4.69, 9.17) is 0 Å². The number of carbonyl (C=O) groups excluding carboxylic acids is 1. The predicted molar refractivity (Wildman–Crippen MR) is 54.5 cm³/mol. The van der Waals surface area contributed by atoms with Crippen LogP contribution in [-0.4, -0.2) is 18.1 Å². The second kappa shape index (κ2) is 4.09. The minimum absolute atomic E-state index is 0.198. The van der Waals surface area contributed by atoms with E-state index < -0.39 is 0 Å². The Morgan fingerprint density at radius 2 is 2.29 bits per heavy atom. The molecule has 1 aliphatic carbocycles. The summed E-state index contributed by atoms with van der Waals surface area (Å²) in [5, 5.41) is 0.906. The fourth-order valence-electron chi connectivity index (χ4n) is 1.68. The van der Waals surface area contributed by atoms with Gasteiger partial charge in [-0.2, -0.15) is 0 Å². The maximum atomic E-state index is 11.0. The van der Waals surface area contributed by atoms with Crippen molar-refractivity contribution in [3.63, 3.8) is 0 Å². The average Bonchev–Trinajstić information content (AvgIpc) is 2.59. The van der Waals surface area contributed by atoms with Gasteiger partial charge >= 0.3 is 5.97 Å². The molecule has 14 heavy (non-hydrogen) atoms. The van der Waals surface area contributed by atoms with Gasteiger partial charge in [0.15, 0.2) is 0 Å². The van der Waals surface area contributed by atoms with E-state index in [0.717, 1.165) is 17.8 Å². The van der Waals surface area contributed by atoms with Crippen LogP contribution in [0.4, 0.5) is 0 Å². The maximum Gasteiger partial charge on any atom is 0.312 e. The first kappa shape index (κ1) is 9.65. The van der Waals surface area contributed by atoms with Crippen LogP contribution in [0.25, 0.3) is 0 Å². The highest BCUT2D eigenvalue weighted by atomic mass is 32.1. The fraction of sp³-hybridized carbons (Fsp3) is 0.600. The summed E-state index contributed by atoms with van der Waals surface area (Å²) in [5.74, 6) is -0.198. The smallest absolute Gasteiger partial charge is 0.312 e. The molecule has 0 bridgehead atoms. The number of esters is 1. The zero-order valence-electron chi connectivity index (χ0n) is 8.21. The highest BCUT2D eigenvalue weighted by Gasteiger charge is 2.16. The molecule has 1 aliphatic rings. The summed E-state index contributed by atoms with van der Waals surface area (Å²) < 4.78 is 4.61. The van der Waals surface area contributed by atoms with Gasteiger partial charge in [0, 0.05) is 4.88 Å². The number of hydrogen-bond acceptors (Lipinski definition) is 4. The monoisotopic (exact) mass is 211 g/mol. The molecule has 1 aromatic rings. The van der Waals surface area contributed by atoms with Gasteiger partial charge in [-0.25, -0.2) is 4.98 Å². The van der Waals surface area contributed by atoms with Gasteiger partial charge in [-0.05, 0) is 25.7 Å². The third kappa shape index (κ3) is 1.95. The number of carbonyl (C=O) groups is 1. The van der Waals surface area contributed by atoms with Crippen LogP contribution < -0.4 is 0 Å². The standard InChI is InChI=1S/C10H13NO2S/c1-13-10(12)6-9-11-7-4-2-3-5-8(7)14-9/h2-6H2,1H3. The zero-order valence-corrected chi connectivity index (χ0v) is 9.02. The van der Waals surface area contributed by atoms with Crippen LogP contribution in [0.5, 0.6) is 0 Å². The van der Waals surface area contributed by atoms with E-state index in [9.17, 15) is 4.79 Å². The number of aryl methyl sites for hydroxylation is 2. The number of ether oxygens (including phenoxy) is 1. The molecule has 0 radical (unpaired) electrons. The number of thiazole rings is 1. The number of methoxy groups -OCH3 is 1. The summed E-state index contributed by atoms with van der Waals surface area (Å²) in [6.45, 7) is 0. The first-order valence-corrected chi connectivity index (χ1v) is 5.65. The van der Waals surface area contributed by atoms with E-state index in [-0.39, 0.29) is 5.97 Å². The van der Waals surface area contributed by atoms with Crippen molar-refractivity contribution in [3.05, 3.63) is 15.6 Å². The Labute approximate surface area is 87.1 Å². The van der Waals surface area contributed by atoms with Crippen LogP contribution in [0.15, 0.2) is 0 Å². The summed E-state index contributed by atoms with van der Waals surface area (Å²) in [5.41, 5.74) is 1.21. The van der Waals surface area contributed by atoms with E-state index in [1.165, 1.54) is 30.5 Å². The largest absolute Gasteiger partial charge is 0.469 e. The quantitative estimate of drug-likeness (QED) is 0.699. The van der Waals surface area contributed by atoms with Crippen LogP contribution >= 0.6 is 11.3 Å². The van der Waals surface area contributed by atoms with Crippen LogP contribution in [0, 0.1) is 0 Å². The van der Waals surface area contributed by atoms with Gasteiger partial charge in [-0.1, -0.05) is 0 Å². The minimum Gasteiger partial charge on any atom is -0.469 e. The molecule has 0 saturated carbocycles. The molecule has 1 aromatic heterocycles. The summed E-state index contributed by atoms with van der Waals surface area (Å²) in [7, 11) is 1.41. The lowest BCUT2D eigenvalue weighted by atomic mass is 10.0. The molecule has 0 N–H and O–H groups in total. The maximum absolute atomic E-state index is 11.0. The molecule has 0 aliphatic heterocycles. The lowest BCUT2D eigenvalue weighted by molar-refractivity contribution is -0.139. The molecule has 0 amide bonds. The Kier molecular flexibility index (Phi) is 2.82. The lowest BCUT2D eigenvalue weighted by Gasteiger charge is -2.06. The van der Waals surface area contributed by atoms with Gasteiger partial charge in [0.1, 0.15) is 5.01 Å². The van der Waals surface area contributed by atoms with E-state index in [0.29, 0.717) is 6.42 Å². The normalized spacial score (nSPS) is 14.9. The Bertz CT molecular complexity index is 322. The van der Waals surface area contributed by atoms with Gasteiger partial charge in [-0.15, -0.1) is 11.3 Å².